The largest absolute Gasteiger partial charge is 0.399 e. The van der Waals surface area contributed by atoms with E-state index in [1.165, 1.54) is 0 Å². The van der Waals surface area contributed by atoms with Crippen molar-refractivity contribution in [1.82, 2.24) is 10.2 Å². The number of carbonyl (C=O) groups excluding carboxylic acids is 1. The van der Waals surface area contributed by atoms with Crippen molar-refractivity contribution in [3.63, 3.8) is 0 Å². The fourth-order valence-electron chi connectivity index (χ4n) is 1.96. The first-order valence-corrected chi connectivity index (χ1v) is 5.50. The van der Waals surface area contributed by atoms with Crippen LogP contribution in [0.5, 0.6) is 0 Å². The van der Waals surface area contributed by atoms with Gasteiger partial charge in [0.05, 0.1) is 0 Å². The molecule has 86 valence electrons. The molecule has 2 rings (SSSR count). The van der Waals surface area contributed by atoms with Crippen LogP contribution in [0.15, 0.2) is 24.3 Å². The van der Waals surface area contributed by atoms with E-state index < -0.39 is 0 Å². The van der Waals surface area contributed by atoms with E-state index in [1.54, 1.807) is 24.3 Å². The maximum atomic E-state index is 11.8. The third-order valence-electron chi connectivity index (χ3n) is 2.90. The lowest BCUT2D eigenvalue weighted by Gasteiger charge is -2.12. The Hall–Kier alpha value is -1.55. The molecule has 4 nitrogen and oxygen atoms in total. The Morgan fingerprint density at radius 1 is 1.44 bits per heavy atom. The van der Waals surface area contributed by atoms with E-state index in [4.69, 9.17) is 5.73 Å². The van der Waals surface area contributed by atoms with Crippen molar-refractivity contribution in [1.29, 1.82) is 0 Å². The minimum absolute atomic E-state index is 0.0136. The number of likely N-dealkylation sites (N-methyl/N-ethyl adjacent to an activating group) is 1. The van der Waals surface area contributed by atoms with E-state index in [-0.39, 0.29) is 11.9 Å². The van der Waals surface area contributed by atoms with E-state index in [2.05, 4.69) is 17.3 Å². The summed E-state index contributed by atoms with van der Waals surface area (Å²) in [6.07, 6.45) is 1.03. The summed E-state index contributed by atoms with van der Waals surface area (Å²) in [7, 11) is 2.06. The summed E-state index contributed by atoms with van der Waals surface area (Å²) in [4.78, 5) is 14.1. The molecule has 3 N–H and O–H groups in total. The number of nitrogens with two attached hydrogens (primary N) is 1. The maximum Gasteiger partial charge on any atom is 0.251 e. The van der Waals surface area contributed by atoms with Crippen LogP contribution in [0, 0.1) is 0 Å². The molecular weight excluding hydrogens is 202 g/mol. The van der Waals surface area contributed by atoms with Gasteiger partial charge in [0, 0.05) is 23.8 Å². The zero-order valence-electron chi connectivity index (χ0n) is 9.44. The number of hydrogen-bond donors (Lipinski definition) is 2. The zero-order chi connectivity index (χ0) is 11.5. The number of nitrogens with one attached hydrogen (secondary N) is 1. The van der Waals surface area contributed by atoms with Gasteiger partial charge in [-0.05, 0) is 44.3 Å². The highest BCUT2D eigenvalue weighted by Gasteiger charge is 2.21. The fourth-order valence-corrected chi connectivity index (χ4v) is 1.96. The van der Waals surface area contributed by atoms with Crippen molar-refractivity contribution in [3.8, 4) is 0 Å². The third-order valence-corrected chi connectivity index (χ3v) is 2.90. The first-order valence-electron chi connectivity index (χ1n) is 5.50. The lowest BCUT2D eigenvalue weighted by molar-refractivity contribution is 0.0938. The molecule has 1 unspecified atom stereocenters. The summed E-state index contributed by atoms with van der Waals surface area (Å²) in [6, 6.07) is 7.27. The van der Waals surface area contributed by atoms with Crippen LogP contribution in [0.25, 0.3) is 0 Å². The molecule has 1 fully saturated rings. The second-order valence-corrected chi connectivity index (χ2v) is 4.34. The number of amides is 1. The highest BCUT2D eigenvalue weighted by Crippen LogP contribution is 2.09. The highest BCUT2D eigenvalue weighted by atomic mass is 16.1. The third kappa shape index (κ3) is 2.52. The molecular formula is C12H17N3O. The van der Waals surface area contributed by atoms with Crippen LogP contribution < -0.4 is 11.1 Å². The summed E-state index contributed by atoms with van der Waals surface area (Å²) >= 11 is 0. The molecule has 1 heterocycles. The van der Waals surface area contributed by atoms with Gasteiger partial charge in [0.15, 0.2) is 0 Å². The van der Waals surface area contributed by atoms with Crippen LogP contribution in [-0.2, 0) is 0 Å². The summed E-state index contributed by atoms with van der Waals surface area (Å²) in [5.41, 5.74) is 6.92. The molecule has 0 aromatic heterocycles. The molecule has 0 radical (unpaired) electrons. The van der Waals surface area contributed by atoms with Gasteiger partial charge in [-0.15, -0.1) is 0 Å². The molecule has 1 aromatic rings. The van der Waals surface area contributed by atoms with Crippen LogP contribution >= 0.6 is 0 Å². The minimum atomic E-state index is -0.0136. The van der Waals surface area contributed by atoms with Gasteiger partial charge >= 0.3 is 0 Å². The van der Waals surface area contributed by atoms with E-state index >= 15 is 0 Å². The van der Waals surface area contributed by atoms with Crippen molar-refractivity contribution in [2.45, 2.75) is 12.5 Å². The molecule has 1 aliphatic rings. The predicted octanol–water partition coefficient (Wildman–Crippen LogP) is 0.703. The second kappa shape index (κ2) is 4.53. The van der Waals surface area contributed by atoms with Gasteiger partial charge in [-0.25, -0.2) is 0 Å². The molecule has 1 aromatic carbocycles. The molecule has 0 spiro atoms. The maximum absolute atomic E-state index is 11.8. The van der Waals surface area contributed by atoms with Gasteiger partial charge < -0.3 is 16.0 Å². The lowest BCUT2D eigenvalue weighted by atomic mass is 10.1. The lowest BCUT2D eigenvalue weighted by Crippen LogP contribution is -2.36. The Bertz CT molecular complexity index is 374. The summed E-state index contributed by atoms with van der Waals surface area (Å²) < 4.78 is 0. The average Bonchev–Trinajstić information content (AvgIpc) is 2.65. The number of hydrogen-bond acceptors (Lipinski definition) is 3. The van der Waals surface area contributed by atoms with Crippen LogP contribution in [-0.4, -0.2) is 37.0 Å². The van der Waals surface area contributed by atoms with Gasteiger partial charge in [0.1, 0.15) is 0 Å². The Morgan fingerprint density at radius 3 is 2.69 bits per heavy atom. The quantitative estimate of drug-likeness (QED) is 0.720. The molecule has 0 saturated carbocycles. The van der Waals surface area contributed by atoms with Crippen molar-refractivity contribution >= 4 is 11.6 Å². The number of rotatable bonds is 2. The van der Waals surface area contributed by atoms with E-state index in [1.807, 2.05) is 0 Å². The molecule has 1 amide bonds. The van der Waals surface area contributed by atoms with Gasteiger partial charge in [-0.3, -0.25) is 4.79 Å². The monoisotopic (exact) mass is 219 g/mol. The van der Waals surface area contributed by atoms with Crippen LogP contribution in [0.3, 0.4) is 0 Å². The van der Waals surface area contributed by atoms with Crippen molar-refractivity contribution in [2.24, 2.45) is 0 Å². The Morgan fingerprint density at radius 2 is 2.12 bits per heavy atom. The van der Waals surface area contributed by atoms with Gasteiger partial charge in [0.2, 0.25) is 0 Å². The van der Waals surface area contributed by atoms with Crippen LogP contribution in [0.4, 0.5) is 5.69 Å². The molecule has 4 heteroatoms. The number of nitrogens with zero attached hydrogens (tertiary/aromatic N) is 1. The molecule has 16 heavy (non-hydrogen) atoms. The van der Waals surface area contributed by atoms with Crippen LogP contribution in [0.1, 0.15) is 16.8 Å². The van der Waals surface area contributed by atoms with Crippen molar-refractivity contribution < 1.29 is 4.79 Å². The number of anilines is 1. The molecule has 1 atom stereocenters. The SMILES string of the molecule is CN1CCC(NC(=O)c2ccc(N)cc2)C1. The van der Waals surface area contributed by atoms with Crippen molar-refractivity contribution in [3.05, 3.63) is 29.8 Å². The highest BCUT2D eigenvalue weighted by molar-refractivity contribution is 5.94. The van der Waals surface area contributed by atoms with E-state index in [0.717, 1.165) is 19.5 Å². The Balaban J connectivity index is 1.95. The standard InChI is InChI=1S/C12H17N3O/c1-15-7-6-11(8-15)14-12(16)9-2-4-10(13)5-3-9/h2-5,11H,6-8,13H2,1H3,(H,14,16). The minimum Gasteiger partial charge on any atom is -0.399 e. The van der Waals surface area contributed by atoms with Crippen LogP contribution in [0.2, 0.25) is 0 Å². The first-order chi connectivity index (χ1) is 7.65. The molecule has 1 saturated heterocycles. The number of nitrogen functional groups attached to an aromatic ring is 1. The number of likely N-dealkylation sites (tertiary alicyclic amines) is 1. The number of benzene rings is 1. The molecule has 0 aliphatic carbocycles. The topological polar surface area (TPSA) is 58.4 Å². The zero-order valence-corrected chi connectivity index (χ0v) is 9.44. The summed E-state index contributed by atoms with van der Waals surface area (Å²) in [5, 5.41) is 3.02. The Labute approximate surface area is 95.4 Å². The van der Waals surface area contributed by atoms with Gasteiger partial charge in [-0.2, -0.15) is 0 Å². The van der Waals surface area contributed by atoms with E-state index in [9.17, 15) is 4.79 Å². The van der Waals surface area contributed by atoms with Gasteiger partial charge in [0.25, 0.3) is 5.91 Å². The van der Waals surface area contributed by atoms with Gasteiger partial charge in [-0.1, -0.05) is 0 Å². The molecule has 0 bridgehead atoms. The fraction of sp³-hybridized carbons (Fsp3) is 0.417. The van der Waals surface area contributed by atoms with Crippen molar-refractivity contribution in [2.75, 3.05) is 25.9 Å². The Kier molecular flexibility index (Phi) is 3.10. The molecule has 1 aliphatic heterocycles. The number of carbonyl (C=O) groups is 1. The summed E-state index contributed by atoms with van der Waals surface area (Å²) in [5.74, 6) is -0.0136. The second-order valence-electron chi connectivity index (χ2n) is 4.34. The average molecular weight is 219 g/mol. The normalized spacial score (nSPS) is 20.9. The first kappa shape index (κ1) is 11.0. The smallest absolute Gasteiger partial charge is 0.251 e. The predicted molar refractivity (Wildman–Crippen MR) is 64.2 cm³/mol. The van der Waals surface area contributed by atoms with E-state index in [0.29, 0.717) is 11.3 Å². The summed E-state index contributed by atoms with van der Waals surface area (Å²) in [6.45, 7) is 1.98.